The second-order valence-corrected chi connectivity index (χ2v) is 5.34. The quantitative estimate of drug-likeness (QED) is 0.569. The van der Waals surface area contributed by atoms with Crippen LogP contribution in [0.2, 0.25) is 5.02 Å². The van der Waals surface area contributed by atoms with E-state index in [4.69, 9.17) is 21.1 Å². The van der Waals surface area contributed by atoms with Crippen molar-refractivity contribution in [3.05, 3.63) is 39.8 Å². The first-order valence-corrected chi connectivity index (χ1v) is 7.56. The highest BCUT2D eigenvalue weighted by atomic mass is 35.5. The van der Waals surface area contributed by atoms with Gasteiger partial charge in [0.1, 0.15) is 23.8 Å². The number of hydrogen-bond donors (Lipinski definition) is 0. The van der Waals surface area contributed by atoms with Crippen molar-refractivity contribution in [1.82, 2.24) is 0 Å². The molecule has 0 fully saturated rings. The minimum Gasteiger partial charge on any atom is -0.466 e. The molecule has 0 unspecified atom stereocenters. The Bertz CT molecular complexity index is 793. The third-order valence-electron chi connectivity index (χ3n) is 3.58. The van der Waals surface area contributed by atoms with E-state index in [2.05, 4.69) is 9.47 Å². The van der Waals surface area contributed by atoms with Crippen LogP contribution in [0.25, 0.3) is 0 Å². The fourth-order valence-corrected chi connectivity index (χ4v) is 2.71. The average molecular weight is 388 g/mol. The number of anilines is 1. The molecule has 0 aromatic heterocycles. The van der Waals surface area contributed by atoms with Gasteiger partial charge in [0, 0.05) is 0 Å². The molecule has 10 heteroatoms. The lowest BCUT2D eigenvalue weighted by Crippen LogP contribution is -2.39. The van der Waals surface area contributed by atoms with Gasteiger partial charge in [-0.15, -0.1) is 0 Å². The second-order valence-electron chi connectivity index (χ2n) is 4.96. The van der Waals surface area contributed by atoms with Crippen LogP contribution >= 0.6 is 11.6 Å². The van der Waals surface area contributed by atoms with Gasteiger partial charge >= 0.3 is 17.9 Å². The minimum absolute atomic E-state index is 0.0509. The van der Waals surface area contributed by atoms with Gasteiger partial charge in [-0.25, -0.2) is 18.8 Å². The molecule has 1 aromatic rings. The zero-order chi connectivity index (χ0) is 19.4. The number of halogens is 2. The van der Waals surface area contributed by atoms with Crippen molar-refractivity contribution in [3.63, 3.8) is 0 Å². The van der Waals surface area contributed by atoms with Crippen molar-refractivity contribution >= 4 is 35.2 Å². The van der Waals surface area contributed by atoms with Gasteiger partial charge in [0.2, 0.25) is 0 Å². The molecule has 0 saturated carbocycles. The van der Waals surface area contributed by atoms with E-state index in [1.807, 2.05) is 0 Å². The highest BCUT2D eigenvalue weighted by Gasteiger charge is 2.34. The highest BCUT2D eigenvalue weighted by Crippen LogP contribution is 2.36. The topological polar surface area (TPSA) is 91.4 Å². The molecular weight excluding hydrogens is 373 g/mol. The van der Waals surface area contributed by atoms with Gasteiger partial charge in [-0.2, -0.15) is 0 Å². The summed E-state index contributed by atoms with van der Waals surface area (Å²) < 4.78 is 33.2. The average Bonchev–Trinajstić information content (AvgIpc) is 2.66. The molecule has 0 N–H and O–H groups in total. The standard InChI is InChI=1S/C16H15ClFNO7/c1-23-14(20)8-6-26-7-19(13(8)16(22)25-3)10-5-4-9(18)11(12(10)17)15(21)24-2/h4-5H,6-7H2,1-3H3. The summed E-state index contributed by atoms with van der Waals surface area (Å²) in [6.07, 6.45) is 0. The Labute approximate surface area is 153 Å². The van der Waals surface area contributed by atoms with Gasteiger partial charge in [0.15, 0.2) is 0 Å². The maximum absolute atomic E-state index is 14.0. The van der Waals surface area contributed by atoms with Crippen LogP contribution in [0, 0.1) is 5.82 Å². The largest absolute Gasteiger partial charge is 0.466 e. The number of methoxy groups -OCH3 is 3. The molecule has 0 radical (unpaired) electrons. The number of rotatable bonds is 4. The molecule has 0 saturated heterocycles. The number of carbonyl (C=O) groups is 3. The Kier molecular flexibility index (Phi) is 6.17. The van der Waals surface area contributed by atoms with E-state index in [9.17, 15) is 18.8 Å². The molecule has 1 heterocycles. The van der Waals surface area contributed by atoms with Crippen LogP contribution in [-0.2, 0) is 28.5 Å². The predicted octanol–water partition coefficient (Wildman–Crippen LogP) is 1.66. The lowest BCUT2D eigenvalue weighted by atomic mass is 10.1. The lowest BCUT2D eigenvalue weighted by molar-refractivity contribution is -0.140. The monoisotopic (exact) mass is 387 g/mol. The zero-order valence-corrected chi connectivity index (χ0v) is 14.9. The minimum atomic E-state index is -0.996. The zero-order valence-electron chi connectivity index (χ0n) is 14.1. The maximum atomic E-state index is 14.0. The number of benzene rings is 1. The molecule has 0 aliphatic carbocycles. The molecular formula is C16H15ClFNO7. The fourth-order valence-electron chi connectivity index (χ4n) is 2.37. The summed E-state index contributed by atoms with van der Waals surface area (Å²) in [5, 5.41) is -0.312. The van der Waals surface area contributed by atoms with Crippen LogP contribution in [0.3, 0.4) is 0 Å². The number of hydrogen-bond acceptors (Lipinski definition) is 8. The van der Waals surface area contributed by atoms with Crippen molar-refractivity contribution in [2.24, 2.45) is 0 Å². The predicted molar refractivity (Wildman–Crippen MR) is 87.1 cm³/mol. The van der Waals surface area contributed by atoms with Crippen molar-refractivity contribution < 1.29 is 37.7 Å². The summed E-state index contributed by atoms with van der Waals surface area (Å²) >= 11 is 6.17. The van der Waals surface area contributed by atoms with Crippen LogP contribution < -0.4 is 4.90 Å². The molecule has 8 nitrogen and oxygen atoms in total. The van der Waals surface area contributed by atoms with Gasteiger partial charge in [-0.05, 0) is 12.1 Å². The van der Waals surface area contributed by atoms with Crippen LogP contribution in [0.4, 0.5) is 10.1 Å². The molecule has 140 valence electrons. The summed E-state index contributed by atoms with van der Waals surface area (Å²) in [4.78, 5) is 37.2. The molecule has 0 amide bonds. The van der Waals surface area contributed by atoms with Gasteiger partial charge in [0.25, 0.3) is 0 Å². The third kappa shape index (κ3) is 3.49. The number of nitrogens with zero attached hydrogens (tertiary/aromatic N) is 1. The second kappa shape index (κ2) is 8.15. The van der Waals surface area contributed by atoms with E-state index < -0.39 is 29.3 Å². The van der Waals surface area contributed by atoms with E-state index >= 15 is 0 Å². The molecule has 2 rings (SSSR count). The van der Waals surface area contributed by atoms with Gasteiger partial charge in [0.05, 0.1) is 44.2 Å². The molecule has 1 aliphatic heterocycles. The highest BCUT2D eigenvalue weighted by molar-refractivity contribution is 6.36. The molecule has 26 heavy (non-hydrogen) atoms. The molecule has 0 spiro atoms. The van der Waals surface area contributed by atoms with E-state index in [-0.39, 0.29) is 35.3 Å². The smallest absolute Gasteiger partial charge is 0.355 e. The van der Waals surface area contributed by atoms with Crippen LogP contribution in [0.15, 0.2) is 23.4 Å². The van der Waals surface area contributed by atoms with Crippen LogP contribution in [-0.4, -0.2) is 52.6 Å². The Hall–Kier alpha value is -2.65. The lowest BCUT2D eigenvalue weighted by Gasteiger charge is -2.32. The Morgan fingerprint density at radius 3 is 2.27 bits per heavy atom. The summed E-state index contributed by atoms with van der Waals surface area (Å²) in [6, 6.07) is 2.21. The third-order valence-corrected chi connectivity index (χ3v) is 3.97. The van der Waals surface area contributed by atoms with E-state index in [0.29, 0.717) is 0 Å². The fraction of sp³-hybridized carbons (Fsp3) is 0.312. The van der Waals surface area contributed by atoms with Gasteiger partial charge in [-0.3, -0.25) is 0 Å². The SMILES string of the molecule is COC(=O)C1=C(C(=O)OC)N(c2ccc(F)c(C(=O)OC)c2Cl)COC1. The summed E-state index contributed by atoms with van der Waals surface area (Å²) in [5.41, 5.74) is -0.753. The first kappa shape index (κ1) is 19.7. The van der Waals surface area contributed by atoms with Crippen molar-refractivity contribution in [3.8, 4) is 0 Å². The summed E-state index contributed by atoms with van der Waals surface area (Å²) in [5.74, 6) is -3.56. The number of carbonyl (C=O) groups excluding carboxylic acids is 3. The number of esters is 3. The van der Waals surface area contributed by atoms with Gasteiger partial charge < -0.3 is 23.8 Å². The van der Waals surface area contributed by atoms with E-state index in [1.165, 1.54) is 11.0 Å². The van der Waals surface area contributed by atoms with E-state index in [1.54, 1.807) is 0 Å². The Morgan fingerprint density at radius 1 is 1.08 bits per heavy atom. The van der Waals surface area contributed by atoms with Crippen molar-refractivity contribution in [1.29, 1.82) is 0 Å². The van der Waals surface area contributed by atoms with Crippen molar-refractivity contribution in [2.45, 2.75) is 0 Å². The Morgan fingerprint density at radius 2 is 1.69 bits per heavy atom. The summed E-state index contributed by atoms with van der Waals surface area (Å²) in [6.45, 7) is -0.396. The normalized spacial score (nSPS) is 14.1. The van der Waals surface area contributed by atoms with Crippen molar-refractivity contribution in [2.75, 3.05) is 39.6 Å². The molecule has 0 bridgehead atoms. The maximum Gasteiger partial charge on any atom is 0.355 e. The first-order chi connectivity index (χ1) is 12.4. The van der Waals surface area contributed by atoms with E-state index in [0.717, 1.165) is 27.4 Å². The molecule has 1 aliphatic rings. The summed E-state index contributed by atoms with van der Waals surface area (Å²) in [7, 11) is 3.34. The molecule has 0 atom stereocenters. The Balaban J connectivity index is 2.68. The van der Waals surface area contributed by atoms with Crippen LogP contribution in [0.1, 0.15) is 10.4 Å². The van der Waals surface area contributed by atoms with Gasteiger partial charge in [-0.1, -0.05) is 11.6 Å². The molecule has 1 aromatic carbocycles. The van der Waals surface area contributed by atoms with Crippen LogP contribution in [0.5, 0.6) is 0 Å². The number of ether oxygens (including phenoxy) is 4. The first-order valence-electron chi connectivity index (χ1n) is 7.18.